The van der Waals surface area contributed by atoms with Crippen molar-refractivity contribution in [3.05, 3.63) is 80.8 Å². The Hall–Kier alpha value is -2.37. The Labute approximate surface area is 160 Å². The molecule has 1 heterocycles. The fourth-order valence-electron chi connectivity index (χ4n) is 2.62. The van der Waals surface area contributed by atoms with Crippen molar-refractivity contribution in [2.24, 2.45) is 0 Å². The molecule has 0 aliphatic heterocycles. The number of amides is 1. The number of hydrogen-bond donors (Lipinski definition) is 1. The lowest BCUT2D eigenvalue weighted by molar-refractivity contribution is 0.102. The highest BCUT2D eigenvalue weighted by atomic mass is 35.5. The molecule has 3 aromatic rings. The molecule has 134 valence electrons. The molecule has 0 spiro atoms. The molecule has 0 aliphatic rings. The van der Waals surface area contributed by atoms with Crippen LogP contribution >= 0.6 is 23.2 Å². The van der Waals surface area contributed by atoms with Crippen molar-refractivity contribution in [1.82, 2.24) is 9.78 Å². The second-order valence-electron chi connectivity index (χ2n) is 5.94. The van der Waals surface area contributed by atoms with Crippen LogP contribution in [-0.4, -0.2) is 15.7 Å². The zero-order chi connectivity index (χ0) is 18.8. The molecule has 4 nitrogen and oxygen atoms in total. The minimum atomic E-state index is -0.513. The SMILES string of the molecule is Cc1ccc(F)c(NC(=O)c2c(C)nn(Cc3ccccc3Cl)c2Cl)c1. The zero-order valence-electron chi connectivity index (χ0n) is 14.2. The van der Waals surface area contributed by atoms with Gasteiger partial charge in [-0.25, -0.2) is 9.07 Å². The van der Waals surface area contributed by atoms with Gasteiger partial charge in [-0.1, -0.05) is 47.5 Å². The lowest BCUT2D eigenvalue weighted by Gasteiger charge is -2.08. The van der Waals surface area contributed by atoms with Gasteiger partial charge in [-0.2, -0.15) is 5.10 Å². The number of nitrogens with zero attached hydrogens (tertiary/aromatic N) is 2. The van der Waals surface area contributed by atoms with Crippen LogP contribution in [0.3, 0.4) is 0 Å². The van der Waals surface area contributed by atoms with Crippen LogP contribution in [0.4, 0.5) is 10.1 Å². The molecule has 0 bridgehead atoms. The van der Waals surface area contributed by atoms with Gasteiger partial charge in [-0.05, 0) is 43.2 Å². The summed E-state index contributed by atoms with van der Waals surface area (Å²) in [6.45, 7) is 3.82. The lowest BCUT2D eigenvalue weighted by Crippen LogP contribution is -2.14. The number of nitrogens with one attached hydrogen (secondary N) is 1. The summed E-state index contributed by atoms with van der Waals surface area (Å²) in [6, 6.07) is 11.8. The Bertz CT molecular complexity index is 985. The predicted octanol–water partition coefficient (Wildman–Crippen LogP) is 5.25. The number of benzene rings is 2. The molecule has 1 amide bonds. The molecule has 0 fully saturated rings. The largest absolute Gasteiger partial charge is 0.319 e. The molecule has 0 aliphatic carbocycles. The van der Waals surface area contributed by atoms with E-state index in [4.69, 9.17) is 23.2 Å². The van der Waals surface area contributed by atoms with Crippen LogP contribution in [0.2, 0.25) is 10.2 Å². The van der Waals surface area contributed by atoms with E-state index in [1.807, 2.05) is 25.1 Å². The monoisotopic (exact) mass is 391 g/mol. The number of aromatic nitrogens is 2. The van der Waals surface area contributed by atoms with Crippen molar-refractivity contribution < 1.29 is 9.18 Å². The number of halogens is 3. The average Bonchev–Trinajstić information content (AvgIpc) is 2.87. The van der Waals surface area contributed by atoms with Crippen LogP contribution in [0.1, 0.15) is 27.2 Å². The molecule has 7 heteroatoms. The summed E-state index contributed by atoms with van der Waals surface area (Å²) in [7, 11) is 0. The van der Waals surface area contributed by atoms with Crippen molar-refractivity contribution >= 4 is 34.8 Å². The number of aryl methyl sites for hydroxylation is 2. The second kappa shape index (κ2) is 7.48. The van der Waals surface area contributed by atoms with Gasteiger partial charge in [-0.15, -0.1) is 0 Å². The molecular formula is C19H16Cl2FN3O. The molecule has 1 aromatic heterocycles. The number of rotatable bonds is 4. The summed E-state index contributed by atoms with van der Waals surface area (Å²) >= 11 is 12.5. The van der Waals surface area contributed by atoms with Gasteiger partial charge in [0, 0.05) is 5.02 Å². The Balaban J connectivity index is 1.89. The molecular weight excluding hydrogens is 376 g/mol. The fourth-order valence-corrected chi connectivity index (χ4v) is 3.14. The van der Waals surface area contributed by atoms with E-state index < -0.39 is 11.7 Å². The van der Waals surface area contributed by atoms with Crippen molar-refractivity contribution in [2.45, 2.75) is 20.4 Å². The zero-order valence-corrected chi connectivity index (χ0v) is 15.7. The fraction of sp³-hybridized carbons (Fsp3) is 0.158. The van der Waals surface area contributed by atoms with Gasteiger partial charge in [0.15, 0.2) is 0 Å². The maximum absolute atomic E-state index is 13.9. The highest BCUT2D eigenvalue weighted by molar-refractivity contribution is 6.34. The highest BCUT2D eigenvalue weighted by Gasteiger charge is 2.21. The van der Waals surface area contributed by atoms with E-state index in [0.29, 0.717) is 17.3 Å². The molecule has 0 radical (unpaired) electrons. The first-order valence-corrected chi connectivity index (χ1v) is 8.66. The van der Waals surface area contributed by atoms with Crippen LogP contribution in [0.15, 0.2) is 42.5 Å². The van der Waals surface area contributed by atoms with Gasteiger partial charge >= 0.3 is 0 Å². The van der Waals surface area contributed by atoms with Gasteiger partial charge in [0.1, 0.15) is 11.0 Å². The van der Waals surface area contributed by atoms with Crippen molar-refractivity contribution in [2.75, 3.05) is 5.32 Å². The smallest absolute Gasteiger partial charge is 0.260 e. The normalized spacial score (nSPS) is 10.8. The molecule has 0 atom stereocenters. The van der Waals surface area contributed by atoms with E-state index in [1.54, 1.807) is 25.1 Å². The van der Waals surface area contributed by atoms with Crippen LogP contribution < -0.4 is 5.32 Å². The molecule has 1 N–H and O–H groups in total. The summed E-state index contributed by atoms with van der Waals surface area (Å²) in [5, 5.41) is 7.64. The average molecular weight is 392 g/mol. The molecule has 3 rings (SSSR count). The first-order valence-electron chi connectivity index (χ1n) is 7.90. The van der Waals surface area contributed by atoms with Gasteiger partial charge in [0.2, 0.25) is 0 Å². The summed E-state index contributed by atoms with van der Waals surface area (Å²) in [4.78, 5) is 12.6. The molecule has 0 unspecified atom stereocenters. The van der Waals surface area contributed by atoms with Gasteiger partial charge in [0.25, 0.3) is 5.91 Å². The number of carbonyl (C=O) groups is 1. The Morgan fingerprint density at radius 1 is 1.19 bits per heavy atom. The second-order valence-corrected chi connectivity index (χ2v) is 6.70. The summed E-state index contributed by atoms with van der Waals surface area (Å²) in [5.74, 6) is -1.02. The highest BCUT2D eigenvalue weighted by Crippen LogP contribution is 2.25. The van der Waals surface area contributed by atoms with E-state index >= 15 is 0 Å². The Kier molecular flexibility index (Phi) is 5.30. The van der Waals surface area contributed by atoms with Crippen LogP contribution in [0.25, 0.3) is 0 Å². The summed E-state index contributed by atoms with van der Waals surface area (Å²) in [6.07, 6.45) is 0. The summed E-state index contributed by atoms with van der Waals surface area (Å²) in [5.41, 5.74) is 2.42. The molecule has 2 aromatic carbocycles. The third kappa shape index (κ3) is 3.74. The standard InChI is InChI=1S/C19H16Cl2FN3O/c1-11-7-8-15(22)16(9-11)23-19(26)17-12(2)24-25(18(17)21)10-13-5-3-4-6-14(13)20/h3-9H,10H2,1-2H3,(H,23,26). The maximum Gasteiger partial charge on any atom is 0.260 e. The van der Waals surface area contributed by atoms with Crippen LogP contribution in [0, 0.1) is 19.7 Å². The summed E-state index contributed by atoms with van der Waals surface area (Å²) < 4.78 is 15.4. The van der Waals surface area contributed by atoms with Gasteiger partial charge in [0.05, 0.1) is 23.5 Å². The van der Waals surface area contributed by atoms with Gasteiger partial charge < -0.3 is 5.32 Å². The van der Waals surface area contributed by atoms with Crippen LogP contribution in [0.5, 0.6) is 0 Å². The van der Waals surface area contributed by atoms with E-state index in [-0.39, 0.29) is 16.4 Å². The Morgan fingerprint density at radius 2 is 1.92 bits per heavy atom. The number of carbonyl (C=O) groups excluding carboxylic acids is 1. The first-order chi connectivity index (χ1) is 12.4. The molecule has 0 saturated heterocycles. The topological polar surface area (TPSA) is 46.9 Å². The third-order valence-electron chi connectivity index (χ3n) is 3.94. The van der Waals surface area contributed by atoms with Crippen molar-refractivity contribution in [3.8, 4) is 0 Å². The minimum Gasteiger partial charge on any atom is -0.319 e. The number of anilines is 1. The van der Waals surface area contributed by atoms with Gasteiger partial charge in [-0.3, -0.25) is 4.79 Å². The maximum atomic E-state index is 13.9. The molecule has 0 saturated carbocycles. The van der Waals surface area contributed by atoms with Crippen LogP contribution in [-0.2, 0) is 6.54 Å². The first kappa shape index (κ1) is 18.4. The lowest BCUT2D eigenvalue weighted by atomic mass is 10.2. The minimum absolute atomic E-state index is 0.101. The Morgan fingerprint density at radius 3 is 2.65 bits per heavy atom. The van der Waals surface area contributed by atoms with E-state index in [0.717, 1.165) is 11.1 Å². The third-order valence-corrected chi connectivity index (χ3v) is 4.69. The number of hydrogen-bond acceptors (Lipinski definition) is 2. The van der Waals surface area contributed by atoms with E-state index in [9.17, 15) is 9.18 Å². The quantitative estimate of drug-likeness (QED) is 0.660. The van der Waals surface area contributed by atoms with Crippen molar-refractivity contribution in [3.63, 3.8) is 0 Å². The van der Waals surface area contributed by atoms with E-state index in [1.165, 1.54) is 10.7 Å². The van der Waals surface area contributed by atoms with Crippen molar-refractivity contribution in [1.29, 1.82) is 0 Å². The molecule has 26 heavy (non-hydrogen) atoms. The predicted molar refractivity (Wildman–Crippen MR) is 102 cm³/mol. The van der Waals surface area contributed by atoms with E-state index in [2.05, 4.69) is 10.4 Å².